The van der Waals surface area contributed by atoms with Crippen molar-refractivity contribution in [2.24, 2.45) is 0 Å². The number of aliphatic hydroxyl groups excluding tert-OH is 1. The predicted molar refractivity (Wildman–Crippen MR) is 64.1 cm³/mol. The lowest BCUT2D eigenvalue weighted by atomic mass is 9.87. The fraction of sp³-hybridized carbons (Fsp3) is 1.00. The summed E-state index contributed by atoms with van der Waals surface area (Å²) in [6.07, 6.45) is 3.28. The number of nitrogens with one attached hydrogen (secondary N) is 1. The largest absolute Gasteiger partial charge is 0.394 e. The highest BCUT2D eigenvalue weighted by atomic mass is 16.3. The van der Waals surface area contributed by atoms with E-state index >= 15 is 0 Å². The molecule has 15 heavy (non-hydrogen) atoms. The molecule has 90 valence electrons. The molecule has 0 bridgehead atoms. The summed E-state index contributed by atoms with van der Waals surface area (Å²) in [7, 11) is 0. The van der Waals surface area contributed by atoms with E-state index in [-0.39, 0.29) is 12.1 Å². The minimum Gasteiger partial charge on any atom is -0.394 e. The predicted octanol–water partition coefficient (Wildman–Crippen LogP) is 1.22. The van der Waals surface area contributed by atoms with E-state index in [1.807, 2.05) is 0 Å². The molecule has 3 heteroatoms. The first-order valence-electron chi connectivity index (χ1n) is 6.23. The van der Waals surface area contributed by atoms with Crippen LogP contribution in [-0.4, -0.2) is 47.8 Å². The van der Waals surface area contributed by atoms with E-state index in [0.29, 0.717) is 6.04 Å². The van der Waals surface area contributed by atoms with Crippen molar-refractivity contribution < 1.29 is 5.11 Å². The van der Waals surface area contributed by atoms with Gasteiger partial charge in [-0.2, -0.15) is 0 Å². The first-order valence-corrected chi connectivity index (χ1v) is 6.23. The van der Waals surface area contributed by atoms with Crippen molar-refractivity contribution in [3.05, 3.63) is 0 Å². The highest BCUT2D eigenvalue weighted by molar-refractivity contribution is 4.93. The van der Waals surface area contributed by atoms with E-state index in [0.717, 1.165) is 38.9 Å². The summed E-state index contributed by atoms with van der Waals surface area (Å²) in [6.45, 7) is 10.2. The third-order valence-electron chi connectivity index (χ3n) is 3.54. The maximum absolute atomic E-state index is 9.51. The number of rotatable bonds is 5. The number of hydrogen-bond donors (Lipinski definition) is 2. The van der Waals surface area contributed by atoms with Crippen molar-refractivity contribution in [1.82, 2.24) is 10.2 Å². The average molecular weight is 214 g/mol. The summed E-state index contributed by atoms with van der Waals surface area (Å²) in [5, 5.41) is 13.0. The Labute approximate surface area is 93.9 Å². The zero-order valence-corrected chi connectivity index (χ0v) is 10.4. The second-order valence-electron chi connectivity index (χ2n) is 4.99. The molecule has 1 fully saturated rings. The molecule has 2 N–H and O–H groups in total. The van der Waals surface area contributed by atoms with Crippen LogP contribution < -0.4 is 5.32 Å². The van der Waals surface area contributed by atoms with E-state index in [4.69, 9.17) is 0 Å². The van der Waals surface area contributed by atoms with Crippen LogP contribution in [0.15, 0.2) is 0 Å². The normalized spacial score (nSPS) is 22.2. The average Bonchev–Trinajstić information content (AvgIpc) is 2.27. The van der Waals surface area contributed by atoms with Crippen molar-refractivity contribution in [1.29, 1.82) is 0 Å². The van der Waals surface area contributed by atoms with Crippen LogP contribution in [-0.2, 0) is 0 Å². The molecule has 0 aromatic heterocycles. The van der Waals surface area contributed by atoms with Crippen molar-refractivity contribution in [3.63, 3.8) is 0 Å². The quantitative estimate of drug-likeness (QED) is 0.722. The van der Waals surface area contributed by atoms with Crippen LogP contribution in [0, 0.1) is 0 Å². The molecule has 0 saturated carbocycles. The van der Waals surface area contributed by atoms with Gasteiger partial charge in [-0.25, -0.2) is 0 Å². The van der Waals surface area contributed by atoms with Gasteiger partial charge in [0.1, 0.15) is 0 Å². The molecule has 0 aliphatic carbocycles. The molecule has 1 heterocycles. The van der Waals surface area contributed by atoms with Gasteiger partial charge in [-0.3, -0.25) is 0 Å². The van der Waals surface area contributed by atoms with E-state index in [1.165, 1.54) is 0 Å². The number of piperidine rings is 1. The number of hydrogen-bond acceptors (Lipinski definition) is 3. The molecule has 0 aromatic carbocycles. The van der Waals surface area contributed by atoms with Crippen molar-refractivity contribution >= 4 is 0 Å². The zero-order valence-electron chi connectivity index (χ0n) is 10.4. The Kier molecular flexibility index (Phi) is 5.03. The summed E-state index contributed by atoms with van der Waals surface area (Å²) in [6, 6.07) is 0.632. The van der Waals surface area contributed by atoms with Crippen molar-refractivity contribution in [2.45, 2.75) is 51.6 Å². The second-order valence-corrected chi connectivity index (χ2v) is 4.99. The number of likely N-dealkylation sites (tertiary alicyclic amines) is 1. The van der Waals surface area contributed by atoms with Crippen molar-refractivity contribution in [3.8, 4) is 0 Å². The molecule has 1 rings (SSSR count). The monoisotopic (exact) mass is 214 g/mol. The second kappa shape index (κ2) is 5.83. The van der Waals surface area contributed by atoms with Gasteiger partial charge in [-0.05, 0) is 39.7 Å². The van der Waals surface area contributed by atoms with Gasteiger partial charge in [0.25, 0.3) is 0 Å². The summed E-state index contributed by atoms with van der Waals surface area (Å²) in [4.78, 5) is 2.49. The highest BCUT2D eigenvalue weighted by Crippen LogP contribution is 2.23. The fourth-order valence-electron chi connectivity index (χ4n) is 2.25. The molecule has 0 unspecified atom stereocenters. The Balaban J connectivity index is 2.43. The number of nitrogens with zero attached hydrogens (tertiary/aromatic N) is 1. The van der Waals surface area contributed by atoms with E-state index in [2.05, 4.69) is 31.0 Å². The summed E-state index contributed by atoms with van der Waals surface area (Å²) < 4.78 is 0. The Morgan fingerprint density at radius 1 is 1.33 bits per heavy atom. The number of aliphatic hydroxyl groups is 1. The summed E-state index contributed by atoms with van der Waals surface area (Å²) >= 11 is 0. The molecular weight excluding hydrogens is 188 g/mol. The topological polar surface area (TPSA) is 35.5 Å². The van der Waals surface area contributed by atoms with Gasteiger partial charge in [0.05, 0.1) is 6.61 Å². The zero-order chi connectivity index (χ0) is 11.3. The van der Waals surface area contributed by atoms with E-state index in [9.17, 15) is 5.11 Å². The minimum absolute atomic E-state index is 0.00139. The molecule has 1 aliphatic heterocycles. The molecule has 0 spiro atoms. The smallest absolute Gasteiger partial charge is 0.0614 e. The summed E-state index contributed by atoms with van der Waals surface area (Å²) in [5.74, 6) is 0. The Hall–Kier alpha value is -0.120. The van der Waals surface area contributed by atoms with Gasteiger partial charge >= 0.3 is 0 Å². The molecule has 0 amide bonds. The molecule has 1 aliphatic rings. The molecule has 3 nitrogen and oxygen atoms in total. The van der Waals surface area contributed by atoms with Crippen LogP contribution in [0.3, 0.4) is 0 Å². The molecular formula is C12H26N2O. The van der Waals surface area contributed by atoms with Crippen LogP contribution in [0.1, 0.15) is 40.0 Å². The lowest BCUT2D eigenvalue weighted by molar-refractivity contribution is 0.0656. The third-order valence-corrected chi connectivity index (χ3v) is 3.54. The molecule has 0 radical (unpaired) electrons. The first kappa shape index (κ1) is 12.9. The Morgan fingerprint density at radius 2 is 1.93 bits per heavy atom. The van der Waals surface area contributed by atoms with Crippen LogP contribution in [0.4, 0.5) is 0 Å². The van der Waals surface area contributed by atoms with Gasteiger partial charge in [0, 0.05) is 24.7 Å². The van der Waals surface area contributed by atoms with Crippen LogP contribution in [0.25, 0.3) is 0 Å². The Bertz CT molecular complexity index is 174. The molecule has 1 saturated heterocycles. The van der Waals surface area contributed by atoms with Gasteiger partial charge in [0.2, 0.25) is 0 Å². The Morgan fingerprint density at radius 3 is 2.33 bits per heavy atom. The van der Waals surface area contributed by atoms with Crippen LogP contribution >= 0.6 is 0 Å². The maximum atomic E-state index is 9.51. The first-order chi connectivity index (χ1) is 7.13. The standard InChI is InChI=1S/C12H26N2O/c1-4-7-13-12(10-15)5-8-14(9-6-12)11(2)3/h11,13,15H,4-10H2,1-3H3. The van der Waals surface area contributed by atoms with E-state index in [1.54, 1.807) is 0 Å². The maximum Gasteiger partial charge on any atom is 0.0614 e. The van der Waals surface area contributed by atoms with Gasteiger partial charge < -0.3 is 15.3 Å². The van der Waals surface area contributed by atoms with Gasteiger partial charge in [-0.15, -0.1) is 0 Å². The highest BCUT2D eigenvalue weighted by Gasteiger charge is 2.33. The minimum atomic E-state index is 0.00139. The summed E-state index contributed by atoms with van der Waals surface area (Å²) in [5.41, 5.74) is 0.00139. The fourth-order valence-corrected chi connectivity index (χ4v) is 2.25. The SMILES string of the molecule is CCCNC1(CO)CCN(C(C)C)CC1. The van der Waals surface area contributed by atoms with E-state index < -0.39 is 0 Å². The van der Waals surface area contributed by atoms with Crippen LogP contribution in [0.5, 0.6) is 0 Å². The lowest BCUT2D eigenvalue weighted by Gasteiger charge is -2.43. The molecule has 0 aromatic rings. The third kappa shape index (κ3) is 3.44. The molecule has 0 atom stereocenters. The van der Waals surface area contributed by atoms with Gasteiger partial charge in [0.15, 0.2) is 0 Å². The van der Waals surface area contributed by atoms with Gasteiger partial charge in [-0.1, -0.05) is 6.92 Å². The van der Waals surface area contributed by atoms with Crippen molar-refractivity contribution in [2.75, 3.05) is 26.2 Å². The van der Waals surface area contributed by atoms with Crippen LogP contribution in [0.2, 0.25) is 0 Å². The lowest BCUT2D eigenvalue weighted by Crippen LogP contribution is -2.56.